The molecule has 46 heavy (non-hydrogen) atoms. The Bertz CT molecular complexity index is 2150. The second-order valence-electron chi connectivity index (χ2n) is 11.2. The van der Waals surface area contributed by atoms with Crippen molar-refractivity contribution in [1.29, 1.82) is 0 Å². The average molecular weight is 645 g/mol. The highest BCUT2D eigenvalue weighted by Crippen LogP contribution is 2.41. The molecule has 5 rings (SSSR count). The molecule has 0 saturated carbocycles. The highest BCUT2D eigenvalue weighted by atomic mass is 32.2. The Kier molecular flexibility index (Phi) is 8.59. The number of hydrogen-bond donors (Lipinski definition) is 2. The van der Waals surface area contributed by atoms with E-state index in [2.05, 4.69) is 10.6 Å². The van der Waals surface area contributed by atoms with Crippen molar-refractivity contribution >= 4 is 38.5 Å². The first-order valence-electron chi connectivity index (χ1n) is 14.3. The molecule has 0 aliphatic carbocycles. The highest BCUT2D eigenvalue weighted by Gasteiger charge is 2.27. The summed E-state index contributed by atoms with van der Waals surface area (Å²) in [6.07, 6.45) is 2.54. The lowest BCUT2D eigenvalue weighted by atomic mass is 9.98. The number of sulfonamides is 1. The molecule has 3 aromatic carbocycles. The van der Waals surface area contributed by atoms with Gasteiger partial charge in [0, 0.05) is 55.5 Å². The van der Waals surface area contributed by atoms with Crippen LogP contribution in [0.5, 0.6) is 0 Å². The van der Waals surface area contributed by atoms with Gasteiger partial charge in [0.2, 0.25) is 10.0 Å². The zero-order chi connectivity index (χ0) is 33.5. The molecular formula is C34H33FN4O6S. The zero-order valence-electron chi connectivity index (χ0n) is 26.1. The Morgan fingerprint density at radius 2 is 1.63 bits per heavy atom. The van der Waals surface area contributed by atoms with Crippen LogP contribution in [0, 0.1) is 12.7 Å². The van der Waals surface area contributed by atoms with Gasteiger partial charge in [0.1, 0.15) is 22.7 Å². The largest absolute Gasteiger partial charge is 0.455 e. The third-order valence-electron chi connectivity index (χ3n) is 7.87. The van der Waals surface area contributed by atoms with Crippen LogP contribution in [0.4, 0.5) is 10.1 Å². The monoisotopic (exact) mass is 644 g/mol. The summed E-state index contributed by atoms with van der Waals surface area (Å²) in [5.74, 6) is -1.21. The lowest BCUT2D eigenvalue weighted by Crippen LogP contribution is -2.33. The molecule has 2 N–H and O–H groups in total. The molecule has 0 aliphatic heterocycles. The number of nitrogens with one attached hydrogen (secondary N) is 2. The van der Waals surface area contributed by atoms with Crippen LogP contribution in [0.2, 0.25) is 0 Å². The molecule has 1 atom stereocenters. The first-order valence-corrected chi connectivity index (χ1v) is 16.2. The number of pyridine rings is 1. The molecule has 0 unspecified atom stereocenters. The second kappa shape index (κ2) is 12.3. The van der Waals surface area contributed by atoms with Crippen LogP contribution in [-0.2, 0) is 17.1 Å². The van der Waals surface area contributed by atoms with E-state index in [1.165, 1.54) is 68.3 Å². The van der Waals surface area contributed by atoms with E-state index in [0.717, 1.165) is 16.1 Å². The molecule has 2 amide bonds. The average Bonchev–Trinajstić information content (AvgIpc) is 3.39. The Labute approximate surface area is 265 Å². The predicted octanol–water partition coefficient (Wildman–Crippen LogP) is 5.16. The fraction of sp³-hybridized carbons (Fsp3) is 0.206. The van der Waals surface area contributed by atoms with E-state index in [1.807, 2.05) is 31.2 Å². The fourth-order valence-electron chi connectivity index (χ4n) is 5.19. The Balaban J connectivity index is 1.72. The number of carbonyl (C=O) groups is 2. The summed E-state index contributed by atoms with van der Waals surface area (Å²) in [4.78, 5) is 39.9. The lowest BCUT2D eigenvalue weighted by molar-refractivity contribution is 0.0935. The first-order chi connectivity index (χ1) is 21.7. The van der Waals surface area contributed by atoms with Gasteiger partial charge in [0.05, 0.1) is 23.5 Å². The fourth-order valence-corrected chi connectivity index (χ4v) is 5.70. The van der Waals surface area contributed by atoms with E-state index in [-0.39, 0.29) is 22.4 Å². The van der Waals surface area contributed by atoms with Gasteiger partial charge in [0.15, 0.2) is 0 Å². The van der Waals surface area contributed by atoms with Gasteiger partial charge in [0.25, 0.3) is 17.4 Å². The number of hydrogen-bond acceptors (Lipinski definition) is 6. The van der Waals surface area contributed by atoms with Crippen molar-refractivity contribution < 1.29 is 26.8 Å². The van der Waals surface area contributed by atoms with E-state index in [1.54, 1.807) is 13.0 Å². The van der Waals surface area contributed by atoms with Gasteiger partial charge in [-0.1, -0.05) is 42.0 Å². The van der Waals surface area contributed by atoms with Gasteiger partial charge in [-0.25, -0.2) is 12.8 Å². The Hall–Kier alpha value is -5.23. The summed E-state index contributed by atoms with van der Waals surface area (Å²) >= 11 is 0. The molecule has 238 valence electrons. The number of aromatic nitrogens is 1. The molecule has 0 aliphatic rings. The standard InChI is InChI=1S/C34H33FN4O6S/c1-19-7-9-22(10-8-19)31-30(33(41)36-3)26-16-25(28(17-29(26)45-31)39(5)46(6,43)44)23-15-27(34(42)38(4)18-23)32(40)37-20(2)21-11-13-24(35)14-12-21/h7-18,20H,1-6H3,(H,36,41)(H,37,40)/t20-/m1/s1. The number of rotatable bonds is 8. The Morgan fingerprint density at radius 1 is 0.978 bits per heavy atom. The number of aryl methyl sites for hydroxylation is 2. The van der Waals surface area contributed by atoms with Crippen LogP contribution in [0.15, 0.2) is 82.1 Å². The van der Waals surface area contributed by atoms with E-state index in [9.17, 15) is 27.2 Å². The number of amides is 2. The van der Waals surface area contributed by atoms with Gasteiger partial charge >= 0.3 is 0 Å². The van der Waals surface area contributed by atoms with E-state index < -0.39 is 39.3 Å². The zero-order valence-corrected chi connectivity index (χ0v) is 27.0. The number of halogens is 1. The molecule has 0 radical (unpaired) electrons. The number of furan rings is 1. The molecular weight excluding hydrogens is 611 g/mol. The van der Waals surface area contributed by atoms with Crippen molar-refractivity contribution in [2.45, 2.75) is 19.9 Å². The van der Waals surface area contributed by atoms with Crippen molar-refractivity contribution in [3.63, 3.8) is 0 Å². The van der Waals surface area contributed by atoms with Gasteiger partial charge in [-0.05, 0) is 43.7 Å². The quantitative estimate of drug-likeness (QED) is 0.240. The van der Waals surface area contributed by atoms with Gasteiger partial charge in [-0.3, -0.25) is 18.7 Å². The lowest BCUT2D eigenvalue weighted by Gasteiger charge is -2.21. The first kappa shape index (κ1) is 32.2. The molecule has 2 aromatic heterocycles. The molecule has 5 aromatic rings. The van der Waals surface area contributed by atoms with Crippen LogP contribution in [-0.4, -0.2) is 45.2 Å². The normalized spacial score (nSPS) is 12.2. The number of nitrogens with zero attached hydrogens (tertiary/aromatic N) is 2. The molecule has 0 saturated heterocycles. The molecule has 12 heteroatoms. The number of carbonyl (C=O) groups excluding carboxylic acids is 2. The second-order valence-corrected chi connectivity index (χ2v) is 13.2. The van der Waals surface area contributed by atoms with Crippen molar-refractivity contribution in [1.82, 2.24) is 15.2 Å². The minimum Gasteiger partial charge on any atom is -0.455 e. The summed E-state index contributed by atoms with van der Waals surface area (Å²) in [5, 5.41) is 5.83. The molecule has 0 bridgehead atoms. The summed E-state index contributed by atoms with van der Waals surface area (Å²) < 4.78 is 47.5. The van der Waals surface area contributed by atoms with Crippen molar-refractivity contribution in [3.05, 3.63) is 111 Å². The topological polar surface area (TPSA) is 131 Å². The SMILES string of the molecule is CNC(=O)c1c(-c2ccc(C)cc2)oc2cc(N(C)S(C)(=O)=O)c(-c3cc(C(=O)N[C@H](C)c4ccc(F)cc4)c(=O)n(C)c3)cc12. The molecule has 2 heterocycles. The van der Waals surface area contributed by atoms with Crippen LogP contribution < -0.4 is 20.5 Å². The van der Waals surface area contributed by atoms with Crippen LogP contribution in [0.25, 0.3) is 33.4 Å². The number of anilines is 1. The maximum Gasteiger partial charge on any atom is 0.263 e. The van der Waals surface area contributed by atoms with Crippen LogP contribution >= 0.6 is 0 Å². The van der Waals surface area contributed by atoms with Gasteiger partial charge < -0.3 is 19.6 Å². The van der Waals surface area contributed by atoms with Crippen molar-refractivity contribution in [2.75, 3.05) is 24.7 Å². The minimum atomic E-state index is -3.79. The van der Waals surface area contributed by atoms with Crippen LogP contribution in [0.1, 0.15) is 44.8 Å². The van der Waals surface area contributed by atoms with Crippen molar-refractivity contribution in [2.24, 2.45) is 7.05 Å². The highest BCUT2D eigenvalue weighted by molar-refractivity contribution is 7.92. The van der Waals surface area contributed by atoms with Crippen LogP contribution in [0.3, 0.4) is 0 Å². The minimum absolute atomic E-state index is 0.193. The van der Waals surface area contributed by atoms with E-state index in [0.29, 0.717) is 33.4 Å². The van der Waals surface area contributed by atoms with E-state index in [4.69, 9.17) is 4.42 Å². The Morgan fingerprint density at radius 3 is 2.24 bits per heavy atom. The van der Waals surface area contributed by atoms with E-state index >= 15 is 0 Å². The summed E-state index contributed by atoms with van der Waals surface area (Å²) in [5.41, 5.74) is 2.91. The number of benzene rings is 3. The summed E-state index contributed by atoms with van der Waals surface area (Å²) in [6, 6.07) is 17.1. The summed E-state index contributed by atoms with van der Waals surface area (Å²) in [7, 11) is 0.563. The third kappa shape index (κ3) is 6.16. The number of fused-ring (bicyclic) bond motifs is 1. The van der Waals surface area contributed by atoms with Crippen molar-refractivity contribution in [3.8, 4) is 22.5 Å². The third-order valence-corrected chi connectivity index (χ3v) is 9.06. The maximum absolute atomic E-state index is 13.4. The molecule has 0 spiro atoms. The molecule has 0 fully saturated rings. The molecule has 10 nitrogen and oxygen atoms in total. The summed E-state index contributed by atoms with van der Waals surface area (Å²) in [6.45, 7) is 3.64. The van der Waals surface area contributed by atoms with Gasteiger partial charge in [-0.15, -0.1) is 0 Å². The smallest absolute Gasteiger partial charge is 0.263 e. The predicted molar refractivity (Wildman–Crippen MR) is 176 cm³/mol. The maximum atomic E-state index is 13.4. The van der Waals surface area contributed by atoms with Gasteiger partial charge in [-0.2, -0.15) is 0 Å².